The summed E-state index contributed by atoms with van der Waals surface area (Å²) in [6.45, 7) is 13.5. The Labute approximate surface area is 110 Å². The highest BCUT2D eigenvalue weighted by Crippen LogP contribution is 2.17. The number of hydrogen-bond donors (Lipinski definition) is 1. The van der Waals surface area contributed by atoms with E-state index in [9.17, 15) is 0 Å². The first kappa shape index (κ1) is 13.6. The number of piperazine rings is 1. The first-order chi connectivity index (χ1) is 8.61. The highest BCUT2D eigenvalue weighted by atomic mass is 15.3. The maximum absolute atomic E-state index is 4.40. The molecule has 1 N–H and O–H groups in total. The van der Waals surface area contributed by atoms with E-state index in [1.807, 2.05) is 0 Å². The minimum Gasteiger partial charge on any atom is -0.348 e. The molecule has 0 aromatic carbocycles. The summed E-state index contributed by atoms with van der Waals surface area (Å²) < 4.78 is 0. The molecule has 4 nitrogen and oxygen atoms in total. The average molecular weight is 250 g/mol. The molecular formula is C14H26N4. The zero-order valence-corrected chi connectivity index (χ0v) is 12.1. The van der Waals surface area contributed by atoms with Crippen LogP contribution < -0.4 is 0 Å². The Balaban J connectivity index is 1.95. The number of nitrogens with zero attached hydrogens (tertiary/aromatic N) is 3. The van der Waals surface area contributed by atoms with Crippen LogP contribution in [-0.2, 0) is 6.54 Å². The fraction of sp³-hybridized carbons (Fsp3) is 0.786. The van der Waals surface area contributed by atoms with Gasteiger partial charge in [0.1, 0.15) is 0 Å². The van der Waals surface area contributed by atoms with Gasteiger partial charge in [0.25, 0.3) is 0 Å². The minimum atomic E-state index is 0.657. The highest BCUT2D eigenvalue weighted by Gasteiger charge is 2.27. The highest BCUT2D eigenvalue weighted by molar-refractivity contribution is 5.08. The van der Waals surface area contributed by atoms with E-state index in [0.29, 0.717) is 12.1 Å². The smallest absolute Gasteiger partial charge is 0.0925 e. The van der Waals surface area contributed by atoms with Gasteiger partial charge in [-0.3, -0.25) is 9.80 Å². The van der Waals surface area contributed by atoms with Crippen LogP contribution in [-0.4, -0.2) is 51.5 Å². The van der Waals surface area contributed by atoms with Gasteiger partial charge in [-0.1, -0.05) is 6.92 Å². The number of rotatable bonds is 4. The van der Waals surface area contributed by atoms with Gasteiger partial charge in [-0.25, -0.2) is 4.98 Å². The van der Waals surface area contributed by atoms with Gasteiger partial charge in [-0.05, 0) is 27.2 Å². The van der Waals surface area contributed by atoms with Crippen molar-refractivity contribution >= 4 is 0 Å². The Morgan fingerprint density at radius 3 is 2.78 bits per heavy atom. The third-order valence-corrected chi connectivity index (χ3v) is 4.05. The van der Waals surface area contributed by atoms with Crippen LogP contribution in [0.2, 0.25) is 0 Å². The molecule has 2 heterocycles. The van der Waals surface area contributed by atoms with Crippen LogP contribution in [0, 0.1) is 6.92 Å². The summed E-state index contributed by atoms with van der Waals surface area (Å²) in [5, 5.41) is 0. The zero-order valence-electron chi connectivity index (χ0n) is 12.1. The van der Waals surface area contributed by atoms with Crippen molar-refractivity contribution < 1.29 is 0 Å². The van der Waals surface area contributed by atoms with E-state index in [-0.39, 0.29) is 0 Å². The molecule has 0 unspecified atom stereocenters. The zero-order chi connectivity index (χ0) is 13.1. The monoisotopic (exact) mass is 250 g/mol. The maximum Gasteiger partial charge on any atom is 0.0925 e. The molecule has 0 aliphatic carbocycles. The van der Waals surface area contributed by atoms with Gasteiger partial charge >= 0.3 is 0 Å². The number of imidazole rings is 1. The second-order valence-corrected chi connectivity index (χ2v) is 5.60. The number of aromatic amines is 1. The summed E-state index contributed by atoms with van der Waals surface area (Å²) in [6, 6.07) is 1.35. The predicted octanol–water partition coefficient (Wildman–Crippen LogP) is 2.02. The summed E-state index contributed by atoms with van der Waals surface area (Å²) in [4.78, 5) is 12.7. The summed E-state index contributed by atoms with van der Waals surface area (Å²) in [5.41, 5.74) is 2.40. The molecule has 1 fully saturated rings. The molecule has 0 bridgehead atoms. The molecule has 1 atom stereocenters. The summed E-state index contributed by atoms with van der Waals surface area (Å²) in [7, 11) is 0. The topological polar surface area (TPSA) is 35.2 Å². The number of aryl methyl sites for hydroxylation is 1. The van der Waals surface area contributed by atoms with Crippen LogP contribution in [0.1, 0.15) is 38.6 Å². The van der Waals surface area contributed by atoms with Crippen molar-refractivity contribution in [1.29, 1.82) is 0 Å². The Bertz CT molecular complexity index is 372. The normalized spacial score (nSPS) is 22.8. The molecule has 2 rings (SSSR count). The van der Waals surface area contributed by atoms with E-state index in [1.54, 1.807) is 6.33 Å². The van der Waals surface area contributed by atoms with Crippen molar-refractivity contribution in [2.75, 3.05) is 19.6 Å². The molecule has 1 aliphatic rings. The van der Waals surface area contributed by atoms with E-state index < -0.39 is 0 Å². The molecule has 102 valence electrons. The van der Waals surface area contributed by atoms with Crippen molar-refractivity contribution in [2.45, 2.75) is 52.7 Å². The Morgan fingerprint density at radius 1 is 1.44 bits per heavy atom. The van der Waals surface area contributed by atoms with E-state index in [2.05, 4.69) is 47.5 Å². The maximum atomic E-state index is 4.40. The van der Waals surface area contributed by atoms with Crippen LogP contribution >= 0.6 is 0 Å². The lowest BCUT2D eigenvalue weighted by Crippen LogP contribution is -2.54. The molecule has 0 saturated carbocycles. The van der Waals surface area contributed by atoms with Crippen LogP contribution in [0.3, 0.4) is 0 Å². The standard InChI is InChI=1S/C14H26N4/c1-5-13-8-17(6-7-18(13)11(2)3)9-14-12(4)15-10-16-14/h10-11,13H,5-9H2,1-4H3,(H,15,16)/t13-/m1/s1. The van der Waals surface area contributed by atoms with Crippen molar-refractivity contribution in [3.63, 3.8) is 0 Å². The number of H-pyrrole nitrogens is 1. The summed E-state index contributed by atoms with van der Waals surface area (Å²) in [6.07, 6.45) is 3.03. The first-order valence-corrected chi connectivity index (χ1v) is 7.08. The van der Waals surface area contributed by atoms with Crippen LogP contribution in [0.4, 0.5) is 0 Å². The van der Waals surface area contributed by atoms with Crippen molar-refractivity contribution in [1.82, 2.24) is 19.8 Å². The second kappa shape index (κ2) is 5.85. The lowest BCUT2D eigenvalue weighted by molar-refractivity contribution is 0.0451. The largest absolute Gasteiger partial charge is 0.348 e. The van der Waals surface area contributed by atoms with Gasteiger partial charge < -0.3 is 4.98 Å². The van der Waals surface area contributed by atoms with E-state index in [4.69, 9.17) is 0 Å². The predicted molar refractivity (Wildman–Crippen MR) is 74.5 cm³/mol. The Hall–Kier alpha value is -0.870. The molecule has 0 radical (unpaired) electrons. The van der Waals surface area contributed by atoms with Crippen LogP contribution in [0.15, 0.2) is 6.33 Å². The van der Waals surface area contributed by atoms with E-state index in [0.717, 1.165) is 13.1 Å². The van der Waals surface area contributed by atoms with E-state index >= 15 is 0 Å². The lowest BCUT2D eigenvalue weighted by atomic mass is 10.1. The van der Waals surface area contributed by atoms with Crippen molar-refractivity contribution in [2.24, 2.45) is 0 Å². The fourth-order valence-electron chi connectivity index (χ4n) is 2.88. The van der Waals surface area contributed by atoms with Gasteiger partial charge in [-0.15, -0.1) is 0 Å². The van der Waals surface area contributed by atoms with Gasteiger partial charge in [0.05, 0.1) is 12.0 Å². The third-order valence-electron chi connectivity index (χ3n) is 4.05. The third kappa shape index (κ3) is 2.93. The van der Waals surface area contributed by atoms with E-state index in [1.165, 1.54) is 30.9 Å². The van der Waals surface area contributed by atoms with Gasteiger partial charge in [0, 0.05) is 44.0 Å². The summed E-state index contributed by atoms with van der Waals surface area (Å²) >= 11 is 0. The Morgan fingerprint density at radius 2 is 2.22 bits per heavy atom. The number of hydrogen-bond acceptors (Lipinski definition) is 3. The molecule has 1 saturated heterocycles. The number of nitrogens with one attached hydrogen (secondary N) is 1. The average Bonchev–Trinajstić information content (AvgIpc) is 2.74. The van der Waals surface area contributed by atoms with Crippen molar-refractivity contribution in [3.05, 3.63) is 17.7 Å². The Kier molecular flexibility index (Phi) is 4.40. The molecule has 1 aromatic heterocycles. The summed E-state index contributed by atoms with van der Waals surface area (Å²) in [5.74, 6) is 0. The number of aromatic nitrogens is 2. The molecule has 1 aromatic rings. The second-order valence-electron chi connectivity index (χ2n) is 5.60. The molecule has 1 aliphatic heterocycles. The molecule has 0 amide bonds. The molecule has 4 heteroatoms. The molecular weight excluding hydrogens is 224 g/mol. The molecule has 18 heavy (non-hydrogen) atoms. The fourth-order valence-corrected chi connectivity index (χ4v) is 2.88. The lowest BCUT2D eigenvalue weighted by Gasteiger charge is -2.43. The minimum absolute atomic E-state index is 0.657. The molecule has 0 spiro atoms. The quantitative estimate of drug-likeness (QED) is 0.888. The van der Waals surface area contributed by atoms with Gasteiger partial charge in [0.2, 0.25) is 0 Å². The van der Waals surface area contributed by atoms with Gasteiger partial charge in [0.15, 0.2) is 0 Å². The SMILES string of the molecule is CC[C@@H]1CN(Cc2nc[nH]c2C)CCN1C(C)C. The van der Waals surface area contributed by atoms with Gasteiger partial charge in [-0.2, -0.15) is 0 Å². The first-order valence-electron chi connectivity index (χ1n) is 7.08. The van der Waals surface area contributed by atoms with Crippen LogP contribution in [0.25, 0.3) is 0 Å². The van der Waals surface area contributed by atoms with Crippen LogP contribution in [0.5, 0.6) is 0 Å². The van der Waals surface area contributed by atoms with Crippen molar-refractivity contribution in [3.8, 4) is 0 Å².